The standard InChI is InChI=1S/C15H15Cl2FN4O3S.Na/c1-6-10(16)11(17)12(20-6)13(23)21-8-2-3-22(5-7(8)18)15-19-4-9(26-15)14(24)25;/h4,7-8,20H,2-3,5H2,1H3,(H,21,23)(H,24,25);/q;+1/p-1/t7-,8+;/m0./s1. The number of amides is 1. The number of aromatic carboxylic acids is 1. The summed E-state index contributed by atoms with van der Waals surface area (Å²) in [7, 11) is 0. The van der Waals surface area contributed by atoms with Gasteiger partial charge in [-0.2, -0.15) is 0 Å². The molecule has 0 saturated carbocycles. The van der Waals surface area contributed by atoms with Crippen LogP contribution in [0.2, 0.25) is 10.0 Å². The molecule has 3 rings (SSSR count). The predicted octanol–water partition coefficient (Wildman–Crippen LogP) is -1.20. The molecule has 0 radical (unpaired) electrons. The van der Waals surface area contributed by atoms with E-state index in [2.05, 4.69) is 15.3 Å². The number of aryl methyl sites for hydroxylation is 1. The Morgan fingerprint density at radius 2 is 2.15 bits per heavy atom. The summed E-state index contributed by atoms with van der Waals surface area (Å²) in [6.45, 7) is 2.09. The van der Waals surface area contributed by atoms with E-state index in [0.29, 0.717) is 23.8 Å². The molecule has 0 aromatic carbocycles. The van der Waals surface area contributed by atoms with Gasteiger partial charge in [0.15, 0.2) is 5.13 Å². The van der Waals surface area contributed by atoms with Crippen molar-refractivity contribution >= 4 is 51.5 Å². The molecule has 0 spiro atoms. The number of nitrogens with zero attached hydrogens (tertiary/aromatic N) is 2. The number of aromatic nitrogens is 2. The quantitative estimate of drug-likeness (QED) is 0.579. The van der Waals surface area contributed by atoms with E-state index in [1.807, 2.05) is 0 Å². The van der Waals surface area contributed by atoms with Crippen LogP contribution in [-0.2, 0) is 0 Å². The maximum Gasteiger partial charge on any atom is 1.00 e. The van der Waals surface area contributed by atoms with Crippen LogP contribution in [0.25, 0.3) is 0 Å². The minimum Gasteiger partial charge on any atom is -0.544 e. The Hall–Kier alpha value is -0.840. The molecule has 140 valence electrons. The second-order valence-corrected chi connectivity index (χ2v) is 7.64. The molecule has 1 saturated heterocycles. The summed E-state index contributed by atoms with van der Waals surface area (Å²) in [5, 5.41) is 14.2. The summed E-state index contributed by atoms with van der Waals surface area (Å²) < 4.78 is 14.5. The first-order valence-electron chi connectivity index (χ1n) is 7.68. The van der Waals surface area contributed by atoms with Crippen molar-refractivity contribution in [3.63, 3.8) is 0 Å². The summed E-state index contributed by atoms with van der Waals surface area (Å²) in [6, 6.07) is -0.697. The van der Waals surface area contributed by atoms with Gasteiger partial charge in [-0.05, 0) is 13.3 Å². The number of hydrogen-bond acceptors (Lipinski definition) is 6. The average Bonchev–Trinajstić information content (AvgIpc) is 3.18. The molecule has 2 atom stereocenters. The molecule has 7 nitrogen and oxygen atoms in total. The van der Waals surface area contributed by atoms with Crippen molar-refractivity contribution < 1.29 is 48.6 Å². The van der Waals surface area contributed by atoms with Gasteiger partial charge in [0.05, 0.1) is 33.5 Å². The van der Waals surface area contributed by atoms with Gasteiger partial charge in [0, 0.05) is 18.4 Å². The number of carbonyl (C=O) groups excluding carboxylic acids is 2. The summed E-state index contributed by atoms with van der Waals surface area (Å²) in [6.07, 6.45) is 0.168. The molecule has 2 aromatic rings. The van der Waals surface area contributed by atoms with Crippen LogP contribution in [0.5, 0.6) is 0 Å². The molecule has 27 heavy (non-hydrogen) atoms. The molecule has 1 aliphatic rings. The molecule has 2 N–H and O–H groups in total. The van der Waals surface area contributed by atoms with E-state index in [1.165, 1.54) is 6.20 Å². The fourth-order valence-electron chi connectivity index (χ4n) is 2.72. The number of aromatic amines is 1. The Morgan fingerprint density at radius 3 is 2.67 bits per heavy atom. The van der Waals surface area contributed by atoms with Gasteiger partial charge in [-0.25, -0.2) is 9.37 Å². The third kappa shape index (κ3) is 4.78. The van der Waals surface area contributed by atoms with E-state index in [0.717, 1.165) is 11.3 Å². The number of anilines is 1. The minimum absolute atomic E-state index is 0. The minimum atomic E-state index is -1.35. The third-order valence-electron chi connectivity index (χ3n) is 4.10. The topological polar surface area (TPSA) is 101 Å². The summed E-state index contributed by atoms with van der Waals surface area (Å²) in [5.41, 5.74) is 0.656. The van der Waals surface area contributed by atoms with Gasteiger partial charge >= 0.3 is 29.6 Å². The molecule has 0 aliphatic carbocycles. The van der Waals surface area contributed by atoms with Crippen LogP contribution in [0.3, 0.4) is 0 Å². The van der Waals surface area contributed by atoms with Crippen LogP contribution in [0.4, 0.5) is 9.52 Å². The number of piperidine rings is 1. The van der Waals surface area contributed by atoms with Crippen molar-refractivity contribution in [2.45, 2.75) is 25.6 Å². The van der Waals surface area contributed by atoms with Crippen molar-refractivity contribution in [3.05, 3.63) is 32.5 Å². The molecule has 0 unspecified atom stereocenters. The fraction of sp³-hybridized carbons (Fsp3) is 0.400. The second kappa shape index (κ2) is 9.11. The van der Waals surface area contributed by atoms with Gasteiger partial charge in [-0.3, -0.25) is 4.79 Å². The number of nitrogens with one attached hydrogen (secondary N) is 2. The Labute approximate surface area is 190 Å². The zero-order chi connectivity index (χ0) is 19.0. The number of carboxylic acid groups (broad SMARTS) is 1. The van der Waals surface area contributed by atoms with E-state index >= 15 is 0 Å². The number of hydrogen-bond donors (Lipinski definition) is 2. The summed E-state index contributed by atoms with van der Waals surface area (Å²) in [4.78, 5) is 31.5. The molecule has 0 bridgehead atoms. The number of H-pyrrole nitrogens is 1. The van der Waals surface area contributed by atoms with Crippen molar-refractivity contribution in [2.75, 3.05) is 18.0 Å². The van der Waals surface area contributed by atoms with Crippen molar-refractivity contribution in [3.8, 4) is 0 Å². The van der Waals surface area contributed by atoms with Gasteiger partial charge in [-0.1, -0.05) is 34.5 Å². The van der Waals surface area contributed by atoms with Crippen molar-refractivity contribution in [1.82, 2.24) is 15.3 Å². The van der Waals surface area contributed by atoms with E-state index in [-0.39, 0.29) is 56.7 Å². The Morgan fingerprint density at radius 1 is 1.44 bits per heavy atom. The van der Waals surface area contributed by atoms with Crippen LogP contribution >= 0.6 is 34.5 Å². The van der Waals surface area contributed by atoms with Crippen molar-refractivity contribution in [1.29, 1.82) is 0 Å². The first-order valence-corrected chi connectivity index (χ1v) is 9.25. The van der Waals surface area contributed by atoms with Gasteiger partial charge in [0.1, 0.15) is 11.9 Å². The summed E-state index contributed by atoms with van der Waals surface area (Å²) >= 11 is 12.9. The zero-order valence-electron chi connectivity index (χ0n) is 14.5. The van der Waals surface area contributed by atoms with Gasteiger partial charge < -0.3 is 25.1 Å². The largest absolute Gasteiger partial charge is 1.00 e. The molecule has 1 fully saturated rings. The molecule has 1 amide bonds. The molecule has 3 heterocycles. The van der Waals surface area contributed by atoms with E-state index in [9.17, 15) is 19.1 Å². The Balaban J connectivity index is 0.00000261. The number of carboxylic acids is 1. The smallest absolute Gasteiger partial charge is 0.544 e. The number of thiazole rings is 1. The Kier molecular flexibility index (Phi) is 7.57. The maximum atomic E-state index is 14.5. The van der Waals surface area contributed by atoms with E-state index in [1.54, 1.807) is 11.8 Å². The first kappa shape index (κ1) is 22.4. The van der Waals surface area contributed by atoms with Crippen LogP contribution < -0.4 is 44.9 Å². The third-order valence-corrected chi connectivity index (χ3v) is 6.09. The molecule has 2 aromatic heterocycles. The Bertz CT molecular complexity index is 862. The van der Waals surface area contributed by atoms with Crippen LogP contribution in [-0.4, -0.2) is 47.1 Å². The van der Waals surface area contributed by atoms with Gasteiger partial charge in [0.25, 0.3) is 5.91 Å². The molecule has 1 aliphatic heterocycles. The second-order valence-electron chi connectivity index (χ2n) is 5.88. The van der Waals surface area contributed by atoms with E-state index in [4.69, 9.17) is 23.2 Å². The molecule has 12 heteroatoms. The first-order chi connectivity index (χ1) is 12.3. The zero-order valence-corrected chi connectivity index (χ0v) is 18.8. The maximum absolute atomic E-state index is 14.5. The van der Waals surface area contributed by atoms with Crippen molar-refractivity contribution in [2.24, 2.45) is 0 Å². The van der Waals surface area contributed by atoms with Crippen LogP contribution in [0.15, 0.2) is 6.20 Å². The number of alkyl halides is 1. The fourth-order valence-corrected chi connectivity index (χ4v) is 3.92. The average molecular weight is 443 g/mol. The monoisotopic (exact) mass is 442 g/mol. The molecular formula is C15H14Cl2FN4NaO3S. The summed E-state index contributed by atoms with van der Waals surface area (Å²) in [5.74, 6) is -1.84. The number of rotatable bonds is 4. The SMILES string of the molecule is Cc1[nH]c(C(=O)N[C@@H]2CCN(c3ncc(C(=O)[O-])s3)C[C@@H]2F)c(Cl)c1Cl.[Na+]. The van der Waals surface area contributed by atoms with Crippen LogP contribution in [0.1, 0.15) is 32.3 Å². The van der Waals surface area contributed by atoms with Crippen LogP contribution in [0, 0.1) is 6.92 Å². The normalized spacial score (nSPS) is 19.5. The number of halogens is 3. The van der Waals surface area contributed by atoms with E-state index < -0.39 is 24.1 Å². The predicted molar refractivity (Wildman–Crippen MR) is 95.0 cm³/mol. The molecular weight excluding hydrogens is 429 g/mol. The van der Waals surface area contributed by atoms with Gasteiger partial charge in [-0.15, -0.1) is 0 Å². The van der Waals surface area contributed by atoms with Gasteiger partial charge in [0.2, 0.25) is 0 Å². The number of carbonyl (C=O) groups is 2.